The molecule has 2 rings (SSSR count). The van der Waals surface area contributed by atoms with E-state index in [1.807, 2.05) is 26.1 Å². The predicted octanol–water partition coefficient (Wildman–Crippen LogP) is 4.29. The van der Waals surface area contributed by atoms with E-state index in [4.69, 9.17) is 16.3 Å². The molecule has 0 amide bonds. The lowest BCUT2D eigenvalue weighted by atomic mass is 10.2. The summed E-state index contributed by atoms with van der Waals surface area (Å²) in [6.07, 6.45) is 2.23. The van der Waals surface area contributed by atoms with Gasteiger partial charge in [-0.2, -0.15) is 0 Å². The first-order valence-electron chi connectivity index (χ1n) is 5.80. The van der Waals surface area contributed by atoms with Crippen LogP contribution >= 0.6 is 27.5 Å². The summed E-state index contributed by atoms with van der Waals surface area (Å²) in [5.74, 6) is 1.84. The minimum Gasteiger partial charge on any atom is -0.437 e. The molecule has 4 nitrogen and oxygen atoms in total. The van der Waals surface area contributed by atoms with Crippen LogP contribution in [0.1, 0.15) is 12.5 Å². The number of hydrogen-bond donors (Lipinski definition) is 1. The van der Waals surface area contributed by atoms with Gasteiger partial charge >= 0.3 is 0 Å². The molecule has 1 N–H and O–H groups in total. The second-order valence-electron chi connectivity index (χ2n) is 3.79. The number of nitrogens with one attached hydrogen (secondary N) is 1. The van der Waals surface area contributed by atoms with Gasteiger partial charge in [-0.3, -0.25) is 0 Å². The molecule has 0 atom stereocenters. The molecule has 0 bridgehead atoms. The van der Waals surface area contributed by atoms with Crippen molar-refractivity contribution in [2.75, 3.05) is 12.4 Å². The number of halogens is 2. The highest BCUT2D eigenvalue weighted by Crippen LogP contribution is 2.33. The van der Waals surface area contributed by atoms with Gasteiger partial charge < -0.3 is 10.1 Å². The molecule has 6 heteroatoms. The fourth-order valence-corrected chi connectivity index (χ4v) is 2.17. The van der Waals surface area contributed by atoms with Gasteiger partial charge in [0.15, 0.2) is 0 Å². The van der Waals surface area contributed by atoms with Crippen LogP contribution in [0.3, 0.4) is 0 Å². The Morgan fingerprint density at radius 2 is 2.16 bits per heavy atom. The molecule has 0 fully saturated rings. The lowest BCUT2D eigenvalue weighted by Crippen LogP contribution is -2.02. The fourth-order valence-electron chi connectivity index (χ4n) is 1.68. The van der Waals surface area contributed by atoms with Crippen molar-refractivity contribution >= 4 is 33.3 Å². The van der Waals surface area contributed by atoms with Crippen molar-refractivity contribution in [2.45, 2.75) is 13.3 Å². The SMILES string of the molecule is CCc1c(NC)ncnc1Oc1cc(Br)ccc1Cl. The summed E-state index contributed by atoms with van der Waals surface area (Å²) < 4.78 is 6.70. The minimum atomic E-state index is 0.516. The zero-order valence-corrected chi connectivity index (χ0v) is 12.9. The predicted molar refractivity (Wildman–Crippen MR) is 80.2 cm³/mol. The zero-order valence-electron chi connectivity index (χ0n) is 10.6. The summed E-state index contributed by atoms with van der Waals surface area (Å²) in [6, 6.07) is 5.44. The van der Waals surface area contributed by atoms with Gasteiger partial charge in [-0.1, -0.05) is 34.5 Å². The quantitative estimate of drug-likeness (QED) is 0.900. The van der Waals surface area contributed by atoms with E-state index >= 15 is 0 Å². The molecule has 0 aliphatic heterocycles. The number of rotatable bonds is 4. The Bertz CT molecular complexity index is 592. The van der Waals surface area contributed by atoms with E-state index in [-0.39, 0.29) is 0 Å². The Morgan fingerprint density at radius 3 is 2.84 bits per heavy atom. The average molecular weight is 343 g/mol. The highest BCUT2D eigenvalue weighted by molar-refractivity contribution is 9.10. The van der Waals surface area contributed by atoms with Crippen molar-refractivity contribution in [2.24, 2.45) is 0 Å². The van der Waals surface area contributed by atoms with Crippen LogP contribution in [0.25, 0.3) is 0 Å². The van der Waals surface area contributed by atoms with E-state index in [1.165, 1.54) is 6.33 Å². The molecule has 19 heavy (non-hydrogen) atoms. The van der Waals surface area contributed by atoms with Crippen LogP contribution in [0, 0.1) is 0 Å². The molecule has 0 saturated heterocycles. The Balaban J connectivity index is 2.40. The first kappa shape index (κ1) is 14.1. The minimum absolute atomic E-state index is 0.516. The van der Waals surface area contributed by atoms with Crippen LogP contribution in [-0.4, -0.2) is 17.0 Å². The molecule has 100 valence electrons. The Hall–Kier alpha value is -1.33. The van der Waals surface area contributed by atoms with Crippen LogP contribution < -0.4 is 10.1 Å². The Kier molecular flexibility index (Phi) is 4.61. The van der Waals surface area contributed by atoms with Crippen LogP contribution in [0.15, 0.2) is 29.0 Å². The topological polar surface area (TPSA) is 47.0 Å². The standard InChI is InChI=1S/C13H13BrClN3O/c1-3-9-12(16-2)17-7-18-13(9)19-11-6-8(14)4-5-10(11)15/h4-7H,3H2,1-2H3,(H,16,17,18). The Morgan fingerprint density at radius 1 is 1.37 bits per heavy atom. The van der Waals surface area contributed by atoms with Crippen molar-refractivity contribution in [3.8, 4) is 11.6 Å². The zero-order chi connectivity index (χ0) is 13.8. The normalized spacial score (nSPS) is 10.3. The number of benzene rings is 1. The van der Waals surface area contributed by atoms with Crippen LogP contribution in [0.2, 0.25) is 5.02 Å². The maximum absolute atomic E-state index is 6.11. The van der Waals surface area contributed by atoms with Gasteiger partial charge in [0.05, 0.1) is 10.6 Å². The molecule has 0 unspecified atom stereocenters. The molecule has 0 saturated carbocycles. The van der Waals surface area contributed by atoms with Gasteiger partial charge in [0.2, 0.25) is 5.88 Å². The van der Waals surface area contributed by atoms with Crippen LogP contribution in [-0.2, 0) is 6.42 Å². The van der Waals surface area contributed by atoms with Crippen molar-refractivity contribution in [3.63, 3.8) is 0 Å². The van der Waals surface area contributed by atoms with Gasteiger partial charge in [0.25, 0.3) is 0 Å². The number of hydrogen-bond acceptors (Lipinski definition) is 4. The highest BCUT2D eigenvalue weighted by atomic mass is 79.9. The van der Waals surface area contributed by atoms with Crippen molar-refractivity contribution in [1.82, 2.24) is 9.97 Å². The van der Waals surface area contributed by atoms with Crippen molar-refractivity contribution in [1.29, 1.82) is 0 Å². The lowest BCUT2D eigenvalue weighted by molar-refractivity contribution is 0.455. The van der Waals surface area contributed by atoms with Crippen LogP contribution in [0.5, 0.6) is 11.6 Å². The maximum Gasteiger partial charge on any atom is 0.227 e. The average Bonchev–Trinajstić information content (AvgIpc) is 2.42. The summed E-state index contributed by atoms with van der Waals surface area (Å²) in [5, 5.41) is 3.56. The largest absolute Gasteiger partial charge is 0.437 e. The molecule has 0 spiro atoms. The highest BCUT2D eigenvalue weighted by Gasteiger charge is 2.12. The molecule has 0 aliphatic rings. The monoisotopic (exact) mass is 341 g/mol. The van der Waals surface area contributed by atoms with Gasteiger partial charge in [-0.15, -0.1) is 0 Å². The van der Waals surface area contributed by atoms with E-state index in [2.05, 4.69) is 31.2 Å². The van der Waals surface area contributed by atoms with E-state index in [0.717, 1.165) is 22.3 Å². The number of ether oxygens (including phenoxy) is 1. The summed E-state index contributed by atoms with van der Waals surface area (Å²) in [7, 11) is 1.82. The molecule has 1 aromatic heterocycles. The van der Waals surface area contributed by atoms with Gasteiger partial charge in [0, 0.05) is 11.5 Å². The third kappa shape index (κ3) is 3.16. The van der Waals surface area contributed by atoms with E-state index < -0.39 is 0 Å². The Labute approximate surface area is 125 Å². The van der Waals surface area contributed by atoms with Gasteiger partial charge in [0.1, 0.15) is 17.9 Å². The summed E-state index contributed by atoms with van der Waals surface area (Å²) in [4.78, 5) is 8.34. The molecule has 1 heterocycles. The van der Waals surface area contributed by atoms with E-state index in [9.17, 15) is 0 Å². The second-order valence-corrected chi connectivity index (χ2v) is 5.11. The number of anilines is 1. The lowest BCUT2D eigenvalue weighted by Gasteiger charge is -2.12. The third-order valence-electron chi connectivity index (χ3n) is 2.60. The first-order chi connectivity index (χ1) is 9.15. The summed E-state index contributed by atoms with van der Waals surface area (Å²) in [6.45, 7) is 2.02. The first-order valence-corrected chi connectivity index (χ1v) is 6.97. The van der Waals surface area contributed by atoms with Crippen LogP contribution in [0.4, 0.5) is 5.82 Å². The second kappa shape index (κ2) is 6.21. The maximum atomic E-state index is 6.11. The number of nitrogens with zero attached hydrogens (tertiary/aromatic N) is 2. The van der Waals surface area contributed by atoms with Crippen molar-refractivity contribution in [3.05, 3.63) is 39.6 Å². The van der Waals surface area contributed by atoms with Gasteiger partial charge in [-0.25, -0.2) is 9.97 Å². The summed E-state index contributed by atoms with van der Waals surface area (Å²) >= 11 is 9.50. The summed E-state index contributed by atoms with van der Waals surface area (Å²) in [5.41, 5.74) is 0.918. The molecular formula is C13H13BrClN3O. The third-order valence-corrected chi connectivity index (χ3v) is 3.40. The van der Waals surface area contributed by atoms with E-state index in [0.29, 0.717) is 16.7 Å². The molecule has 1 aromatic carbocycles. The molecule has 2 aromatic rings. The molecule has 0 radical (unpaired) electrons. The molecular weight excluding hydrogens is 330 g/mol. The number of aromatic nitrogens is 2. The van der Waals surface area contributed by atoms with Crippen molar-refractivity contribution < 1.29 is 4.74 Å². The fraction of sp³-hybridized carbons (Fsp3) is 0.231. The smallest absolute Gasteiger partial charge is 0.227 e. The molecule has 0 aliphatic carbocycles. The van der Waals surface area contributed by atoms with Gasteiger partial charge in [-0.05, 0) is 24.6 Å². The van der Waals surface area contributed by atoms with E-state index in [1.54, 1.807) is 6.07 Å².